The number of nitriles is 1. The quantitative estimate of drug-likeness (QED) is 0.0910. The molecule has 4 N–H and O–H groups in total. The van der Waals surface area contributed by atoms with E-state index in [2.05, 4.69) is 42.6 Å². The van der Waals surface area contributed by atoms with Gasteiger partial charge in [0.15, 0.2) is 5.01 Å². The number of imide groups is 2. The number of unbranched alkanes of at least 4 members (excludes halogenated alkanes) is 2. The molecule has 58 heavy (non-hydrogen) atoms. The number of piperidine rings is 1. The van der Waals surface area contributed by atoms with E-state index in [-0.39, 0.29) is 41.8 Å². The summed E-state index contributed by atoms with van der Waals surface area (Å²) in [7, 11) is 1.86. The summed E-state index contributed by atoms with van der Waals surface area (Å²) in [5.41, 5.74) is 5.59. The van der Waals surface area contributed by atoms with Crippen LogP contribution >= 0.6 is 11.3 Å². The molecule has 1 atom stereocenters. The highest BCUT2D eigenvalue weighted by molar-refractivity contribution is 7.14. The van der Waals surface area contributed by atoms with Crippen LogP contribution in [0.4, 0.5) is 11.4 Å². The number of nitrogens with one attached hydrogen (secondary N) is 4. The number of amides is 5. The van der Waals surface area contributed by atoms with Crippen molar-refractivity contribution >= 4 is 57.8 Å². The number of pyridine rings is 1. The number of fused-ring (bicyclic) bond motifs is 2. The molecule has 6 heterocycles. The molecule has 1 saturated carbocycles. The number of anilines is 2. The van der Waals surface area contributed by atoms with Crippen LogP contribution in [-0.2, 0) is 14.4 Å². The van der Waals surface area contributed by atoms with Crippen molar-refractivity contribution in [1.29, 1.82) is 5.26 Å². The molecule has 17 heteroatoms. The van der Waals surface area contributed by atoms with Crippen LogP contribution in [0.25, 0.3) is 27.5 Å². The first-order chi connectivity index (χ1) is 28.2. The van der Waals surface area contributed by atoms with Crippen molar-refractivity contribution in [3.8, 4) is 28.0 Å². The Morgan fingerprint density at radius 1 is 0.948 bits per heavy atom. The van der Waals surface area contributed by atoms with Gasteiger partial charge in [-0.25, -0.2) is 4.52 Å². The molecule has 2 fully saturated rings. The van der Waals surface area contributed by atoms with Crippen molar-refractivity contribution in [3.05, 3.63) is 76.6 Å². The fourth-order valence-electron chi connectivity index (χ4n) is 7.99. The highest BCUT2D eigenvalue weighted by Gasteiger charge is 2.45. The SMILES string of the molecule is CNc1cc(-c2ccc3cc(C#N)cnn23)ncc1-c1nnc(C2CCC(NC(=O)CCCCCNc3cccc4c3C(=O)N(C3CCC(=O)NC3=O)C4=O)CC2)s1. The Balaban J connectivity index is 0.772. The molecule has 5 aromatic rings. The van der Waals surface area contributed by atoms with Gasteiger partial charge in [-0.1, -0.05) is 23.8 Å². The Kier molecular flexibility index (Phi) is 10.9. The highest BCUT2D eigenvalue weighted by Crippen LogP contribution is 2.39. The van der Waals surface area contributed by atoms with Gasteiger partial charge in [-0.15, -0.1) is 10.2 Å². The van der Waals surface area contributed by atoms with E-state index in [1.165, 1.54) is 6.20 Å². The summed E-state index contributed by atoms with van der Waals surface area (Å²) in [6.45, 7) is 0.544. The van der Waals surface area contributed by atoms with E-state index >= 15 is 0 Å². The number of aromatic nitrogens is 5. The van der Waals surface area contributed by atoms with Gasteiger partial charge in [-0.3, -0.25) is 39.2 Å². The lowest BCUT2D eigenvalue weighted by Gasteiger charge is -2.27. The monoisotopic (exact) mass is 799 g/mol. The molecular formula is C41H41N11O5S. The van der Waals surface area contributed by atoms with Gasteiger partial charge in [-0.2, -0.15) is 10.4 Å². The van der Waals surface area contributed by atoms with Crippen molar-refractivity contribution in [2.45, 2.75) is 82.2 Å². The van der Waals surface area contributed by atoms with E-state index in [4.69, 9.17) is 4.98 Å². The third kappa shape index (κ3) is 7.62. The summed E-state index contributed by atoms with van der Waals surface area (Å²) in [6.07, 6.45) is 9.77. The zero-order valence-corrected chi connectivity index (χ0v) is 32.6. The third-order valence-corrected chi connectivity index (χ3v) is 12.2. The van der Waals surface area contributed by atoms with Gasteiger partial charge in [0.1, 0.15) is 17.1 Å². The summed E-state index contributed by atoms with van der Waals surface area (Å²) < 4.78 is 1.77. The second-order valence-corrected chi connectivity index (χ2v) is 15.8. The first-order valence-electron chi connectivity index (χ1n) is 19.5. The molecule has 2 aliphatic heterocycles. The number of benzene rings is 1. The molecule has 296 valence electrons. The van der Waals surface area contributed by atoms with Gasteiger partial charge in [0.2, 0.25) is 17.7 Å². The predicted molar refractivity (Wildman–Crippen MR) is 215 cm³/mol. The molecule has 1 unspecified atom stereocenters. The average Bonchev–Trinajstić information content (AvgIpc) is 3.96. The van der Waals surface area contributed by atoms with Crippen LogP contribution in [0.1, 0.15) is 101 Å². The smallest absolute Gasteiger partial charge is 0.264 e. The van der Waals surface area contributed by atoms with Gasteiger partial charge in [-0.05, 0) is 81.3 Å². The standard InChI is InChI=1S/C41H41N11O5S/c1-43-30-19-31(32-14-13-26-18-23(20-42)21-46-52(26)32)45-22-28(30)39-50-49-38(58-39)24-9-11-25(12-10-24)47-34(53)8-3-2-4-17-44-29-7-5-6-27-36(29)41(57)51(40(27)56)33-15-16-35(54)48-37(33)55/h5-7,13-14,18-19,21-22,24-25,33,44H,2-4,8-12,15-17H2,1H3,(H,43,45)(H,47,53)(H,48,54,55). The maximum atomic E-state index is 13.3. The first kappa shape index (κ1) is 38.3. The largest absolute Gasteiger partial charge is 0.387 e. The number of carbonyl (C=O) groups excluding carboxylic acids is 5. The Labute approximate surface area is 337 Å². The lowest BCUT2D eigenvalue weighted by atomic mass is 9.86. The molecule has 16 nitrogen and oxygen atoms in total. The Morgan fingerprint density at radius 2 is 1.79 bits per heavy atom. The van der Waals surface area contributed by atoms with Crippen molar-refractivity contribution in [1.82, 2.24) is 40.3 Å². The number of rotatable bonds is 13. The van der Waals surface area contributed by atoms with Gasteiger partial charge < -0.3 is 16.0 Å². The van der Waals surface area contributed by atoms with Gasteiger partial charge in [0.25, 0.3) is 11.8 Å². The van der Waals surface area contributed by atoms with E-state index in [9.17, 15) is 29.2 Å². The van der Waals surface area contributed by atoms with Crippen LogP contribution in [-0.4, -0.2) is 84.9 Å². The van der Waals surface area contributed by atoms with E-state index in [0.29, 0.717) is 24.2 Å². The Morgan fingerprint density at radius 3 is 2.59 bits per heavy atom. The van der Waals surface area contributed by atoms with Crippen LogP contribution < -0.4 is 21.3 Å². The predicted octanol–water partition coefficient (Wildman–Crippen LogP) is 5.04. The number of hydrogen-bond donors (Lipinski definition) is 4. The molecule has 1 aromatic carbocycles. The summed E-state index contributed by atoms with van der Waals surface area (Å²) >= 11 is 1.57. The van der Waals surface area contributed by atoms with Gasteiger partial charge >= 0.3 is 0 Å². The molecule has 3 aliphatic rings. The van der Waals surface area contributed by atoms with E-state index in [1.807, 2.05) is 25.2 Å². The van der Waals surface area contributed by atoms with Crippen LogP contribution in [0, 0.1) is 11.3 Å². The lowest BCUT2D eigenvalue weighted by molar-refractivity contribution is -0.136. The summed E-state index contributed by atoms with van der Waals surface area (Å²) in [5.74, 6) is -1.82. The van der Waals surface area contributed by atoms with Crippen molar-refractivity contribution in [3.63, 3.8) is 0 Å². The fraction of sp³-hybridized carbons (Fsp3) is 0.366. The van der Waals surface area contributed by atoms with E-state index in [1.54, 1.807) is 46.3 Å². The molecule has 0 spiro atoms. The molecule has 0 bridgehead atoms. The maximum absolute atomic E-state index is 13.3. The lowest BCUT2D eigenvalue weighted by Crippen LogP contribution is -2.54. The normalized spacial score (nSPS) is 19.2. The van der Waals surface area contributed by atoms with Crippen LogP contribution in [0.2, 0.25) is 0 Å². The number of carbonyl (C=O) groups is 5. The summed E-state index contributed by atoms with van der Waals surface area (Å²) in [6, 6.07) is 13.8. The second-order valence-electron chi connectivity index (χ2n) is 14.8. The van der Waals surface area contributed by atoms with Crippen LogP contribution in [0.3, 0.4) is 0 Å². The first-order valence-corrected chi connectivity index (χ1v) is 20.3. The summed E-state index contributed by atoms with van der Waals surface area (Å²) in [4.78, 5) is 68.9. The molecule has 8 rings (SSSR count). The van der Waals surface area contributed by atoms with Crippen molar-refractivity contribution in [2.75, 3.05) is 24.2 Å². The highest BCUT2D eigenvalue weighted by atomic mass is 32.1. The minimum atomic E-state index is -1.01. The molecule has 0 radical (unpaired) electrons. The molecular weight excluding hydrogens is 759 g/mol. The summed E-state index contributed by atoms with van der Waals surface area (Å²) in [5, 5.41) is 36.5. The second kappa shape index (κ2) is 16.5. The van der Waals surface area contributed by atoms with Gasteiger partial charge in [0.05, 0.1) is 45.4 Å². The average molecular weight is 800 g/mol. The molecule has 4 aromatic heterocycles. The molecule has 1 saturated heterocycles. The molecule has 5 amide bonds. The molecule has 1 aliphatic carbocycles. The minimum Gasteiger partial charge on any atom is -0.387 e. The number of nitrogens with zero attached hydrogens (tertiary/aromatic N) is 7. The zero-order chi connectivity index (χ0) is 40.3. The van der Waals surface area contributed by atoms with Crippen LogP contribution in [0.5, 0.6) is 0 Å². The van der Waals surface area contributed by atoms with Crippen molar-refractivity contribution in [2.24, 2.45) is 0 Å². The fourth-order valence-corrected chi connectivity index (χ4v) is 9.03. The third-order valence-electron chi connectivity index (χ3n) is 11.0. The van der Waals surface area contributed by atoms with Crippen LogP contribution in [0.15, 0.2) is 54.9 Å². The number of hydrogen-bond acceptors (Lipinski definition) is 13. The van der Waals surface area contributed by atoms with Crippen molar-refractivity contribution < 1.29 is 24.0 Å². The van der Waals surface area contributed by atoms with E-state index < -0.39 is 29.7 Å². The Hall–Kier alpha value is -6.54. The minimum absolute atomic E-state index is 0.0412. The topological polar surface area (TPSA) is 216 Å². The Bertz CT molecular complexity index is 2480. The zero-order valence-electron chi connectivity index (χ0n) is 31.8. The maximum Gasteiger partial charge on any atom is 0.264 e. The van der Waals surface area contributed by atoms with Gasteiger partial charge in [0, 0.05) is 56.0 Å². The van der Waals surface area contributed by atoms with E-state index in [0.717, 1.165) is 88.0 Å².